The van der Waals surface area contributed by atoms with Gasteiger partial charge in [-0.1, -0.05) is 59.9 Å². The normalized spacial score (nSPS) is 10.8. The van der Waals surface area contributed by atoms with E-state index in [2.05, 4.69) is 0 Å². The summed E-state index contributed by atoms with van der Waals surface area (Å²) >= 11 is 23.0. The third-order valence-corrected chi connectivity index (χ3v) is 6.45. The zero-order valence-corrected chi connectivity index (χ0v) is 21.8. The Bertz CT molecular complexity index is 1010. The van der Waals surface area contributed by atoms with Gasteiger partial charge in [0.25, 0.3) is 0 Å². The second-order valence-electron chi connectivity index (χ2n) is 7.44. The maximum atomic E-state index is 12.5. The molecule has 182 valence electrons. The van der Waals surface area contributed by atoms with Crippen molar-refractivity contribution < 1.29 is 13.9 Å². The summed E-state index contributed by atoms with van der Waals surface area (Å²) in [6.45, 7) is 11.0. The first-order chi connectivity index (χ1) is 14.8. The molecule has 0 aromatic heterocycles. The van der Waals surface area contributed by atoms with Crippen LogP contribution in [0.1, 0.15) is 53.8 Å². The number of aryl methyl sites for hydroxylation is 2. The van der Waals surface area contributed by atoms with E-state index in [9.17, 15) is 13.9 Å². The molecule has 0 aliphatic heterocycles. The summed E-state index contributed by atoms with van der Waals surface area (Å²) in [7, 11) is 0. The quantitative estimate of drug-likeness (QED) is 0.306. The molecule has 1 N–H and O–H groups in total. The van der Waals surface area contributed by atoms with Crippen molar-refractivity contribution in [2.24, 2.45) is 0 Å². The summed E-state index contributed by atoms with van der Waals surface area (Å²) in [4.78, 5) is 0. The molecule has 3 rings (SSSR count). The topological polar surface area (TPSA) is 20.2 Å². The molecule has 0 aliphatic rings. The summed E-state index contributed by atoms with van der Waals surface area (Å²) in [6, 6.07) is 9.65. The van der Waals surface area contributed by atoms with Gasteiger partial charge in [0, 0.05) is 20.6 Å². The van der Waals surface area contributed by atoms with Crippen molar-refractivity contribution in [2.75, 3.05) is 0 Å². The number of rotatable bonds is 1. The van der Waals surface area contributed by atoms with E-state index in [4.69, 9.17) is 46.4 Å². The lowest BCUT2D eigenvalue weighted by Gasteiger charge is -2.09. The van der Waals surface area contributed by atoms with Gasteiger partial charge in [0.05, 0.1) is 11.1 Å². The smallest absolute Gasteiger partial charge is 0.142 e. The third kappa shape index (κ3) is 9.42. The molecule has 0 fully saturated rings. The van der Waals surface area contributed by atoms with E-state index >= 15 is 0 Å². The molecule has 33 heavy (non-hydrogen) atoms. The molecule has 1 unspecified atom stereocenters. The molecule has 0 bridgehead atoms. The van der Waals surface area contributed by atoms with Crippen LogP contribution in [0.15, 0.2) is 36.4 Å². The number of halogens is 6. The molecule has 7 heteroatoms. The van der Waals surface area contributed by atoms with Crippen molar-refractivity contribution in [1.82, 2.24) is 0 Å². The molecule has 1 atom stereocenters. The van der Waals surface area contributed by atoms with Crippen LogP contribution in [-0.2, 0) is 0 Å². The highest BCUT2D eigenvalue weighted by atomic mass is 35.5. The lowest BCUT2D eigenvalue weighted by Crippen LogP contribution is -1.93. The Kier molecular flexibility index (Phi) is 13.6. The van der Waals surface area contributed by atoms with Gasteiger partial charge in [-0.2, -0.15) is 0 Å². The van der Waals surface area contributed by atoms with Crippen LogP contribution in [0.4, 0.5) is 8.78 Å². The molecule has 3 aromatic rings. The summed E-state index contributed by atoms with van der Waals surface area (Å²) in [5.74, 6) is -1.06. The number of aliphatic hydroxyl groups excluding tert-OH is 1. The molecule has 0 aliphatic carbocycles. The highest BCUT2D eigenvalue weighted by Crippen LogP contribution is 2.25. The van der Waals surface area contributed by atoms with Gasteiger partial charge in [-0.3, -0.25) is 0 Å². The fraction of sp³-hybridized carbons (Fsp3) is 0.308. The molecule has 3 aromatic carbocycles. The minimum absolute atomic E-state index is 0. The van der Waals surface area contributed by atoms with E-state index in [0.29, 0.717) is 0 Å². The first kappa shape index (κ1) is 31.6. The summed E-state index contributed by atoms with van der Waals surface area (Å²) in [5, 5.41) is 11.4. The van der Waals surface area contributed by atoms with Crippen LogP contribution in [0.2, 0.25) is 20.1 Å². The van der Waals surface area contributed by atoms with E-state index in [1.165, 1.54) is 6.92 Å². The van der Waals surface area contributed by atoms with Crippen molar-refractivity contribution >= 4 is 46.4 Å². The van der Waals surface area contributed by atoms with Crippen molar-refractivity contribution in [3.05, 3.63) is 102 Å². The Morgan fingerprint density at radius 3 is 1.58 bits per heavy atom. The van der Waals surface area contributed by atoms with Gasteiger partial charge in [-0.05, 0) is 99.7 Å². The first-order valence-electron chi connectivity index (χ1n) is 9.73. The Morgan fingerprint density at radius 1 is 0.697 bits per heavy atom. The standard InChI is InChI=1S/C10H13ClO.C8H8Cl2.C7H5ClF2.CH4/c1-6-4-9(8(3)12)5-10(11)7(6)2;1-5-3-7(9)6(2)8(10)4-5;1-4-5(9)2-3-6(10)7(4)8;/h4-5,8,12H,1-3H3;3-4H,1-2H3;2-3H,1H3;1H4. The number of benzene rings is 3. The van der Waals surface area contributed by atoms with E-state index in [-0.39, 0.29) is 18.0 Å². The lowest BCUT2D eigenvalue weighted by atomic mass is 10.0. The van der Waals surface area contributed by atoms with Gasteiger partial charge in [0.15, 0.2) is 0 Å². The SMILES string of the molecule is C.Cc1c(F)ccc(F)c1Cl.Cc1cc(C(C)O)cc(Cl)c1C.Cc1cc(Cl)c(C)c(Cl)c1. The van der Waals surface area contributed by atoms with Gasteiger partial charge in [-0.25, -0.2) is 8.78 Å². The third-order valence-electron chi connectivity index (χ3n) is 4.81. The number of aliphatic hydroxyl groups is 1. The van der Waals surface area contributed by atoms with Crippen LogP contribution in [-0.4, -0.2) is 5.11 Å². The van der Waals surface area contributed by atoms with Crippen molar-refractivity contribution in [3.63, 3.8) is 0 Å². The highest BCUT2D eigenvalue weighted by molar-refractivity contribution is 6.36. The molecular formula is C26H30Cl4F2O. The van der Waals surface area contributed by atoms with Crippen LogP contribution >= 0.6 is 46.4 Å². The second-order valence-corrected chi connectivity index (χ2v) is 9.04. The molecule has 1 nitrogen and oxygen atoms in total. The zero-order valence-electron chi connectivity index (χ0n) is 18.8. The van der Waals surface area contributed by atoms with E-state index in [1.54, 1.807) is 6.92 Å². The lowest BCUT2D eigenvalue weighted by molar-refractivity contribution is 0.199. The molecule has 0 spiro atoms. The maximum absolute atomic E-state index is 12.5. The van der Waals surface area contributed by atoms with Gasteiger partial charge < -0.3 is 5.11 Å². The van der Waals surface area contributed by atoms with Gasteiger partial charge in [-0.15, -0.1) is 0 Å². The molecule has 0 amide bonds. The molecular weight excluding hydrogens is 508 g/mol. The average Bonchev–Trinajstić information content (AvgIpc) is 2.72. The molecule has 0 heterocycles. The fourth-order valence-electron chi connectivity index (χ4n) is 2.48. The highest BCUT2D eigenvalue weighted by Gasteiger charge is 2.06. The van der Waals surface area contributed by atoms with E-state index < -0.39 is 17.7 Å². The summed E-state index contributed by atoms with van der Waals surface area (Å²) in [5.41, 5.74) is 5.29. The molecule has 0 saturated carbocycles. The van der Waals surface area contributed by atoms with Crippen LogP contribution in [0.5, 0.6) is 0 Å². The predicted octanol–water partition coefficient (Wildman–Crippen LogP) is 10.2. The van der Waals surface area contributed by atoms with Crippen molar-refractivity contribution in [2.45, 2.75) is 55.1 Å². The summed E-state index contributed by atoms with van der Waals surface area (Å²) in [6.07, 6.45) is -0.443. The average molecular weight is 538 g/mol. The zero-order chi connectivity index (χ0) is 24.7. The minimum atomic E-state index is -0.583. The second kappa shape index (κ2) is 14.1. The van der Waals surface area contributed by atoms with Gasteiger partial charge >= 0.3 is 0 Å². The van der Waals surface area contributed by atoms with Crippen LogP contribution in [0, 0.1) is 46.3 Å². The largest absolute Gasteiger partial charge is 0.389 e. The van der Waals surface area contributed by atoms with E-state index in [1.807, 2.05) is 52.0 Å². The number of hydrogen-bond donors (Lipinski definition) is 1. The van der Waals surface area contributed by atoms with Crippen LogP contribution in [0.25, 0.3) is 0 Å². The van der Waals surface area contributed by atoms with Gasteiger partial charge in [0.1, 0.15) is 11.6 Å². The Labute approximate surface area is 216 Å². The van der Waals surface area contributed by atoms with Crippen LogP contribution < -0.4 is 0 Å². The Morgan fingerprint density at radius 2 is 1.15 bits per heavy atom. The Hall–Kier alpha value is -1.36. The van der Waals surface area contributed by atoms with E-state index in [0.717, 1.165) is 55.0 Å². The monoisotopic (exact) mass is 536 g/mol. The number of hydrogen-bond acceptors (Lipinski definition) is 1. The van der Waals surface area contributed by atoms with Crippen LogP contribution in [0.3, 0.4) is 0 Å². The van der Waals surface area contributed by atoms with Crippen molar-refractivity contribution in [3.8, 4) is 0 Å². The predicted molar refractivity (Wildman–Crippen MR) is 140 cm³/mol. The van der Waals surface area contributed by atoms with Crippen molar-refractivity contribution in [1.29, 1.82) is 0 Å². The minimum Gasteiger partial charge on any atom is -0.389 e. The molecule has 0 saturated heterocycles. The molecule has 0 radical (unpaired) electrons. The first-order valence-corrected chi connectivity index (χ1v) is 11.2. The fourth-order valence-corrected chi connectivity index (χ4v) is 3.51. The maximum Gasteiger partial charge on any atom is 0.142 e. The Balaban J connectivity index is 0.000000461. The summed E-state index contributed by atoms with van der Waals surface area (Å²) < 4.78 is 25.0. The van der Waals surface area contributed by atoms with Gasteiger partial charge in [0.2, 0.25) is 0 Å².